The second-order valence-electron chi connectivity index (χ2n) is 7.27. The maximum atomic E-state index is 2.69. The van der Waals surface area contributed by atoms with Crippen molar-refractivity contribution in [2.45, 2.75) is 44.6 Å². The maximum Gasteiger partial charge on any atom is 0.0526 e. The first-order valence-corrected chi connectivity index (χ1v) is 9.29. The fourth-order valence-electron chi connectivity index (χ4n) is 4.68. The summed E-state index contributed by atoms with van der Waals surface area (Å²) < 4.78 is 2.69. The van der Waals surface area contributed by atoms with E-state index in [1.54, 1.807) is 0 Å². The first-order valence-electron chi connectivity index (χ1n) is 9.29. The molecule has 120 valence electrons. The topological polar surface area (TPSA) is 4.93 Å². The van der Waals surface area contributed by atoms with Crippen LogP contribution in [0.3, 0.4) is 0 Å². The van der Waals surface area contributed by atoms with Gasteiger partial charge in [-0.1, -0.05) is 73.9 Å². The third kappa shape index (κ3) is 2.15. The minimum absolute atomic E-state index is 0.656. The first kappa shape index (κ1) is 14.1. The molecule has 1 nitrogen and oxygen atoms in total. The van der Waals surface area contributed by atoms with Crippen molar-refractivity contribution in [2.75, 3.05) is 0 Å². The highest BCUT2D eigenvalue weighted by Gasteiger charge is 2.29. The van der Waals surface area contributed by atoms with E-state index in [0.29, 0.717) is 6.04 Å². The minimum atomic E-state index is 0.656. The maximum absolute atomic E-state index is 2.69. The summed E-state index contributed by atoms with van der Waals surface area (Å²) in [5, 5.41) is 0. The minimum Gasteiger partial charge on any atom is -0.337 e. The van der Waals surface area contributed by atoms with Crippen molar-refractivity contribution in [1.29, 1.82) is 0 Å². The van der Waals surface area contributed by atoms with Gasteiger partial charge in [0.05, 0.1) is 5.69 Å². The van der Waals surface area contributed by atoms with Gasteiger partial charge in [0.2, 0.25) is 0 Å². The second kappa shape index (κ2) is 5.66. The van der Waals surface area contributed by atoms with Gasteiger partial charge in [0.1, 0.15) is 0 Å². The van der Waals surface area contributed by atoms with Crippen LogP contribution in [-0.2, 0) is 6.42 Å². The molecule has 0 radical (unpaired) electrons. The monoisotopic (exact) mass is 313 g/mol. The Morgan fingerprint density at radius 1 is 0.750 bits per heavy atom. The SMILES string of the molecule is c1ccc(-c2cc3c(n2C2CCCCC2)-c2ccccc2C3)cc1. The van der Waals surface area contributed by atoms with Gasteiger partial charge in [-0.3, -0.25) is 0 Å². The zero-order chi connectivity index (χ0) is 15.9. The van der Waals surface area contributed by atoms with Crippen LogP contribution in [0.15, 0.2) is 60.7 Å². The molecule has 1 aromatic heterocycles. The number of nitrogens with zero attached hydrogens (tertiary/aromatic N) is 1. The molecule has 0 aliphatic heterocycles. The highest BCUT2D eigenvalue weighted by molar-refractivity contribution is 5.80. The van der Waals surface area contributed by atoms with Gasteiger partial charge in [0, 0.05) is 23.7 Å². The Bertz CT molecular complexity index is 866. The summed E-state index contributed by atoms with van der Waals surface area (Å²) in [5.41, 5.74) is 8.74. The number of aromatic nitrogens is 1. The van der Waals surface area contributed by atoms with E-state index in [2.05, 4.69) is 65.2 Å². The van der Waals surface area contributed by atoms with Crippen molar-refractivity contribution >= 4 is 0 Å². The van der Waals surface area contributed by atoms with E-state index < -0.39 is 0 Å². The molecule has 2 aliphatic rings. The first-order chi connectivity index (χ1) is 11.9. The molecule has 0 N–H and O–H groups in total. The lowest BCUT2D eigenvalue weighted by Gasteiger charge is -2.28. The number of hydrogen-bond acceptors (Lipinski definition) is 0. The lowest BCUT2D eigenvalue weighted by atomic mass is 9.94. The molecule has 5 rings (SSSR count). The van der Waals surface area contributed by atoms with Crippen LogP contribution in [-0.4, -0.2) is 4.57 Å². The van der Waals surface area contributed by atoms with Crippen molar-refractivity contribution in [3.8, 4) is 22.5 Å². The summed E-state index contributed by atoms with van der Waals surface area (Å²) in [6.07, 6.45) is 7.87. The molecule has 0 spiro atoms. The summed E-state index contributed by atoms with van der Waals surface area (Å²) in [7, 11) is 0. The normalized spacial score (nSPS) is 16.8. The predicted octanol–water partition coefficient (Wildman–Crippen LogP) is 6.23. The van der Waals surface area contributed by atoms with Crippen LogP contribution in [0.4, 0.5) is 0 Å². The van der Waals surface area contributed by atoms with Gasteiger partial charge < -0.3 is 4.57 Å². The zero-order valence-corrected chi connectivity index (χ0v) is 14.0. The Labute approximate surface area is 144 Å². The Kier molecular flexibility index (Phi) is 3.33. The number of rotatable bonds is 2. The van der Waals surface area contributed by atoms with Gasteiger partial charge in [0.25, 0.3) is 0 Å². The van der Waals surface area contributed by atoms with E-state index in [4.69, 9.17) is 0 Å². The summed E-state index contributed by atoms with van der Waals surface area (Å²) in [6.45, 7) is 0. The van der Waals surface area contributed by atoms with Crippen molar-refractivity contribution in [3.05, 3.63) is 71.8 Å². The van der Waals surface area contributed by atoms with Crippen LogP contribution in [0.1, 0.15) is 49.3 Å². The van der Waals surface area contributed by atoms with Crippen LogP contribution in [0, 0.1) is 0 Å². The lowest BCUT2D eigenvalue weighted by molar-refractivity contribution is 0.359. The summed E-state index contributed by atoms with van der Waals surface area (Å²) in [6, 6.07) is 23.0. The Morgan fingerprint density at radius 3 is 2.33 bits per heavy atom. The molecular formula is C23H23N. The molecule has 1 heterocycles. The quantitative estimate of drug-likeness (QED) is 0.413. The predicted molar refractivity (Wildman–Crippen MR) is 100 cm³/mol. The average Bonchev–Trinajstić information content (AvgIpc) is 3.19. The van der Waals surface area contributed by atoms with Crippen LogP contribution in [0.2, 0.25) is 0 Å². The molecule has 0 amide bonds. The zero-order valence-electron chi connectivity index (χ0n) is 14.0. The second-order valence-corrected chi connectivity index (χ2v) is 7.27. The molecule has 3 aromatic rings. The Morgan fingerprint density at radius 2 is 1.50 bits per heavy atom. The van der Waals surface area contributed by atoms with Crippen molar-refractivity contribution in [1.82, 2.24) is 4.57 Å². The summed E-state index contributed by atoms with van der Waals surface area (Å²) in [4.78, 5) is 0. The largest absolute Gasteiger partial charge is 0.337 e. The van der Waals surface area contributed by atoms with E-state index in [1.807, 2.05) is 0 Å². The van der Waals surface area contributed by atoms with Gasteiger partial charge in [0.15, 0.2) is 0 Å². The van der Waals surface area contributed by atoms with E-state index >= 15 is 0 Å². The van der Waals surface area contributed by atoms with Gasteiger partial charge >= 0.3 is 0 Å². The van der Waals surface area contributed by atoms with E-state index in [1.165, 1.54) is 65.7 Å². The molecule has 24 heavy (non-hydrogen) atoms. The lowest BCUT2D eigenvalue weighted by Crippen LogP contribution is -2.14. The van der Waals surface area contributed by atoms with Crippen LogP contribution in [0.25, 0.3) is 22.5 Å². The third-order valence-corrected chi connectivity index (χ3v) is 5.78. The highest BCUT2D eigenvalue weighted by Crippen LogP contribution is 2.45. The molecule has 2 aliphatic carbocycles. The Hall–Kier alpha value is -2.28. The van der Waals surface area contributed by atoms with Crippen molar-refractivity contribution in [2.24, 2.45) is 0 Å². The van der Waals surface area contributed by atoms with E-state index in [-0.39, 0.29) is 0 Å². The van der Waals surface area contributed by atoms with Gasteiger partial charge in [-0.2, -0.15) is 0 Å². The van der Waals surface area contributed by atoms with Crippen molar-refractivity contribution in [3.63, 3.8) is 0 Å². The molecule has 1 saturated carbocycles. The molecule has 0 atom stereocenters. The molecule has 0 unspecified atom stereocenters. The molecule has 1 fully saturated rings. The van der Waals surface area contributed by atoms with Crippen LogP contribution >= 0.6 is 0 Å². The van der Waals surface area contributed by atoms with Crippen molar-refractivity contribution < 1.29 is 0 Å². The van der Waals surface area contributed by atoms with Gasteiger partial charge in [-0.15, -0.1) is 0 Å². The summed E-state index contributed by atoms with van der Waals surface area (Å²) >= 11 is 0. The molecular weight excluding hydrogens is 290 g/mol. The smallest absolute Gasteiger partial charge is 0.0526 e. The fraction of sp³-hybridized carbons (Fsp3) is 0.304. The van der Waals surface area contributed by atoms with Crippen LogP contribution in [0.5, 0.6) is 0 Å². The van der Waals surface area contributed by atoms with E-state index in [0.717, 1.165) is 6.42 Å². The molecule has 2 aromatic carbocycles. The van der Waals surface area contributed by atoms with Gasteiger partial charge in [-0.05, 0) is 35.6 Å². The number of hydrogen-bond donors (Lipinski definition) is 0. The molecule has 0 bridgehead atoms. The third-order valence-electron chi connectivity index (χ3n) is 5.78. The van der Waals surface area contributed by atoms with E-state index in [9.17, 15) is 0 Å². The standard InChI is InChI=1S/C23H23N/c1-3-9-17(10-4-1)22-16-19-15-18-11-7-8-14-21(18)23(19)24(22)20-12-5-2-6-13-20/h1,3-4,7-11,14,16,20H,2,5-6,12-13,15H2. The van der Waals surface area contributed by atoms with Crippen LogP contribution < -0.4 is 0 Å². The average molecular weight is 313 g/mol. The fourth-order valence-corrected chi connectivity index (χ4v) is 4.68. The molecule has 0 saturated heterocycles. The summed E-state index contributed by atoms with van der Waals surface area (Å²) in [5.74, 6) is 0. The molecule has 1 heteroatoms. The Balaban J connectivity index is 1.73. The number of benzene rings is 2. The number of fused-ring (bicyclic) bond motifs is 3. The highest BCUT2D eigenvalue weighted by atomic mass is 15.0. The van der Waals surface area contributed by atoms with Gasteiger partial charge in [-0.25, -0.2) is 0 Å².